The van der Waals surface area contributed by atoms with Gasteiger partial charge in [0.1, 0.15) is 0 Å². The highest BCUT2D eigenvalue weighted by Gasteiger charge is 2.37. The van der Waals surface area contributed by atoms with Gasteiger partial charge in [-0.05, 0) is 89.4 Å². The summed E-state index contributed by atoms with van der Waals surface area (Å²) >= 11 is 0. The first kappa shape index (κ1) is 20.5. The van der Waals surface area contributed by atoms with E-state index in [2.05, 4.69) is 110 Å². The number of hydrogen-bond donors (Lipinski definition) is 0. The van der Waals surface area contributed by atoms with Crippen LogP contribution in [-0.4, -0.2) is 0 Å². The van der Waals surface area contributed by atoms with Gasteiger partial charge in [-0.15, -0.1) is 0 Å². The third kappa shape index (κ3) is 3.72. The van der Waals surface area contributed by atoms with Gasteiger partial charge < -0.3 is 0 Å². The fourth-order valence-electron chi connectivity index (χ4n) is 6.51. The van der Waals surface area contributed by atoms with Gasteiger partial charge in [0.15, 0.2) is 0 Å². The molecule has 0 heteroatoms. The number of benzene rings is 2. The average Bonchev–Trinajstić information content (AvgIpc) is 2.89. The summed E-state index contributed by atoms with van der Waals surface area (Å²) in [7, 11) is 0. The molecule has 0 nitrogen and oxygen atoms in total. The summed E-state index contributed by atoms with van der Waals surface area (Å²) in [5.74, 6) is 2.26. The molecule has 4 aliphatic rings. The van der Waals surface area contributed by atoms with Gasteiger partial charge in [-0.25, -0.2) is 0 Å². The highest BCUT2D eigenvalue weighted by Crippen LogP contribution is 2.52. The van der Waals surface area contributed by atoms with Crippen LogP contribution in [0, 0.1) is 17.8 Å². The highest BCUT2D eigenvalue weighted by atomic mass is 14.4. The Bertz CT molecular complexity index is 1210. The van der Waals surface area contributed by atoms with Gasteiger partial charge in [0.2, 0.25) is 0 Å². The molecule has 2 aromatic rings. The minimum absolute atomic E-state index is 0.485. The Balaban J connectivity index is 1.54. The summed E-state index contributed by atoms with van der Waals surface area (Å²) in [6.45, 7) is 2.38. The van der Waals surface area contributed by atoms with Crippen molar-refractivity contribution >= 4 is 5.57 Å². The summed E-state index contributed by atoms with van der Waals surface area (Å²) in [6.07, 6.45) is 21.7. The molecule has 4 aliphatic carbocycles. The SMILES string of the molecule is CC1=C(C2=CC(c3ccccc3)CC3CC=CC=C23)C2CC=CC[C@@H]2C=C1c1ccccc1. The first-order valence-corrected chi connectivity index (χ1v) is 12.6. The molecule has 3 unspecified atom stereocenters. The van der Waals surface area contributed by atoms with Crippen LogP contribution in [0.25, 0.3) is 5.57 Å². The van der Waals surface area contributed by atoms with Gasteiger partial charge >= 0.3 is 0 Å². The van der Waals surface area contributed by atoms with Crippen LogP contribution in [0.4, 0.5) is 0 Å². The van der Waals surface area contributed by atoms with Crippen molar-refractivity contribution in [3.05, 3.63) is 137 Å². The second-order valence-electron chi connectivity index (χ2n) is 10.0. The van der Waals surface area contributed by atoms with Gasteiger partial charge in [0.05, 0.1) is 0 Å². The normalized spacial score (nSPS) is 28.5. The van der Waals surface area contributed by atoms with Crippen molar-refractivity contribution in [3.63, 3.8) is 0 Å². The Morgan fingerprint density at radius 1 is 0.727 bits per heavy atom. The van der Waals surface area contributed by atoms with E-state index in [0.717, 1.165) is 19.3 Å². The quantitative estimate of drug-likeness (QED) is 0.429. The maximum absolute atomic E-state index is 2.62. The van der Waals surface area contributed by atoms with Crippen LogP contribution in [0.1, 0.15) is 49.7 Å². The van der Waals surface area contributed by atoms with Crippen LogP contribution in [0.5, 0.6) is 0 Å². The largest absolute Gasteiger partial charge is 0.0879 e. The molecule has 0 spiro atoms. The Morgan fingerprint density at radius 2 is 1.48 bits per heavy atom. The third-order valence-corrected chi connectivity index (χ3v) is 8.13. The van der Waals surface area contributed by atoms with E-state index in [-0.39, 0.29) is 0 Å². The van der Waals surface area contributed by atoms with E-state index in [1.54, 1.807) is 11.1 Å². The number of fused-ring (bicyclic) bond motifs is 2. The maximum Gasteiger partial charge on any atom is 0.00330 e. The van der Waals surface area contributed by atoms with Crippen LogP contribution < -0.4 is 0 Å². The Hall–Kier alpha value is -3.12. The van der Waals surface area contributed by atoms with Crippen LogP contribution in [-0.2, 0) is 0 Å². The summed E-state index contributed by atoms with van der Waals surface area (Å²) in [5.41, 5.74) is 10.4. The van der Waals surface area contributed by atoms with Crippen molar-refractivity contribution in [2.45, 2.75) is 38.5 Å². The minimum atomic E-state index is 0.485. The lowest BCUT2D eigenvalue weighted by Crippen LogP contribution is -2.27. The van der Waals surface area contributed by atoms with Gasteiger partial charge in [-0.2, -0.15) is 0 Å². The van der Waals surface area contributed by atoms with Crippen molar-refractivity contribution < 1.29 is 0 Å². The van der Waals surface area contributed by atoms with Gasteiger partial charge in [0.25, 0.3) is 0 Å². The minimum Gasteiger partial charge on any atom is -0.0879 e. The summed E-state index contributed by atoms with van der Waals surface area (Å²) < 4.78 is 0. The molecular formula is C33H32. The summed E-state index contributed by atoms with van der Waals surface area (Å²) in [6, 6.07) is 22.2. The van der Waals surface area contributed by atoms with Crippen molar-refractivity contribution in [2.75, 3.05) is 0 Å². The molecule has 2 aromatic carbocycles. The predicted molar refractivity (Wildman–Crippen MR) is 140 cm³/mol. The zero-order valence-corrected chi connectivity index (χ0v) is 19.5. The lowest BCUT2D eigenvalue weighted by molar-refractivity contribution is 0.433. The Labute approximate surface area is 198 Å². The van der Waals surface area contributed by atoms with E-state index in [1.807, 2.05) is 0 Å². The Kier molecular flexibility index (Phi) is 5.38. The van der Waals surface area contributed by atoms with E-state index in [0.29, 0.717) is 23.7 Å². The van der Waals surface area contributed by atoms with Crippen LogP contribution in [0.15, 0.2) is 125 Å². The van der Waals surface area contributed by atoms with Crippen molar-refractivity contribution in [2.24, 2.45) is 17.8 Å². The number of rotatable bonds is 3. The molecule has 0 saturated carbocycles. The maximum atomic E-state index is 2.62. The molecule has 164 valence electrons. The molecule has 0 bridgehead atoms. The van der Waals surface area contributed by atoms with Crippen molar-refractivity contribution in [1.82, 2.24) is 0 Å². The molecule has 0 aromatic heterocycles. The molecule has 33 heavy (non-hydrogen) atoms. The molecule has 0 amide bonds. The third-order valence-electron chi connectivity index (χ3n) is 8.13. The lowest BCUT2D eigenvalue weighted by Gasteiger charge is -2.41. The van der Waals surface area contributed by atoms with Gasteiger partial charge in [-0.1, -0.05) is 103 Å². The molecule has 0 N–H and O–H groups in total. The summed E-state index contributed by atoms with van der Waals surface area (Å²) in [5, 5.41) is 0. The van der Waals surface area contributed by atoms with Gasteiger partial charge in [-0.3, -0.25) is 0 Å². The molecule has 0 fully saturated rings. The molecule has 0 saturated heterocycles. The first-order chi connectivity index (χ1) is 16.3. The average molecular weight is 429 g/mol. The van der Waals surface area contributed by atoms with E-state index < -0.39 is 0 Å². The fraction of sp³-hybridized carbons (Fsp3) is 0.273. The first-order valence-electron chi connectivity index (χ1n) is 12.6. The van der Waals surface area contributed by atoms with E-state index >= 15 is 0 Å². The number of allylic oxidation sites excluding steroid dienone is 12. The predicted octanol–water partition coefficient (Wildman–Crippen LogP) is 8.60. The standard InChI is InChI=1S/C33H32/c1-23-31(25-14-6-3-7-15-25)21-27-17-9-11-19-30(27)33(23)32-22-28(24-12-4-2-5-13-24)20-26-16-8-10-18-29(26)32/h2-15,18,21-22,26-28,30H,16-17,19-20H2,1H3/t26?,27-,28?,30?/m1/s1. The van der Waals surface area contributed by atoms with E-state index in [9.17, 15) is 0 Å². The van der Waals surface area contributed by atoms with Gasteiger partial charge in [0, 0.05) is 5.92 Å². The molecular weight excluding hydrogens is 396 g/mol. The molecule has 0 aliphatic heterocycles. The topological polar surface area (TPSA) is 0 Å². The van der Waals surface area contributed by atoms with Crippen molar-refractivity contribution in [1.29, 1.82) is 0 Å². The smallest absolute Gasteiger partial charge is 0.00330 e. The molecule has 0 radical (unpaired) electrons. The lowest BCUT2D eigenvalue weighted by atomic mass is 9.63. The summed E-state index contributed by atoms with van der Waals surface area (Å²) in [4.78, 5) is 0. The molecule has 6 rings (SSSR count). The molecule has 4 atom stereocenters. The van der Waals surface area contributed by atoms with Crippen LogP contribution >= 0.6 is 0 Å². The fourth-order valence-corrected chi connectivity index (χ4v) is 6.51. The zero-order chi connectivity index (χ0) is 22.2. The molecule has 0 heterocycles. The van der Waals surface area contributed by atoms with Crippen LogP contribution in [0.3, 0.4) is 0 Å². The highest BCUT2D eigenvalue weighted by molar-refractivity contribution is 5.83. The second-order valence-corrected chi connectivity index (χ2v) is 10.0. The van der Waals surface area contributed by atoms with E-state index in [1.165, 1.54) is 34.3 Å². The van der Waals surface area contributed by atoms with Crippen molar-refractivity contribution in [3.8, 4) is 0 Å². The number of hydrogen-bond acceptors (Lipinski definition) is 0. The second kappa shape index (κ2) is 8.67. The zero-order valence-electron chi connectivity index (χ0n) is 19.5. The van der Waals surface area contributed by atoms with E-state index in [4.69, 9.17) is 0 Å². The monoisotopic (exact) mass is 428 g/mol. The van der Waals surface area contributed by atoms with Crippen LogP contribution in [0.2, 0.25) is 0 Å². The Morgan fingerprint density at radius 3 is 2.30 bits per heavy atom.